The van der Waals surface area contributed by atoms with Crippen LogP contribution >= 0.6 is 0 Å². The van der Waals surface area contributed by atoms with Gasteiger partial charge < -0.3 is 9.84 Å². The monoisotopic (exact) mass is 388 g/mol. The molecule has 29 heavy (non-hydrogen) atoms. The van der Waals surface area contributed by atoms with Crippen molar-refractivity contribution in [2.24, 2.45) is 5.10 Å². The molecule has 0 heterocycles. The van der Waals surface area contributed by atoms with Gasteiger partial charge >= 0.3 is 0 Å². The second-order valence-electron chi connectivity index (χ2n) is 6.52. The second kappa shape index (κ2) is 9.17. The van der Waals surface area contributed by atoms with Crippen molar-refractivity contribution in [3.63, 3.8) is 0 Å². The minimum Gasteiger partial charge on any atom is -0.497 e. The molecule has 0 unspecified atom stereocenters. The summed E-state index contributed by atoms with van der Waals surface area (Å²) in [7, 11) is 1.61. The summed E-state index contributed by atoms with van der Waals surface area (Å²) >= 11 is 0. The van der Waals surface area contributed by atoms with E-state index in [1.165, 1.54) is 0 Å². The number of ether oxygens (including phenoxy) is 1. The van der Waals surface area contributed by atoms with Gasteiger partial charge in [-0.2, -0.15) is 5.10 Å². The fourth-order valence-corrected chi connectivity index (χ4v) is 3.12. The summed E-state index contributed by atoms with van der Waals surface area (Å²) in [6.45, 7) is 1.95. The predicted molar refractivity (Wildman–Crippen MR) is 114 cm³/mol. The van der Waals surface area contributed by atoms with E-state index in [4.69, 9.17) is 4.74 Å². The Balaban J connectivity index is 1.93. The van der Waals surface area contributed by atoms with Crippen LogP contribution < -0.4 is 10.2 Å². The molecule has 0 saturated heterocycles. The van der Waals surface area contributed by atoms with Crippen LogP contribution in [0, 0.1) is 0 Å². The lowest BCUT2D eigenvalue weighted by molar-refractivity contribution is -0.136. The summed E-state index contributed by atoms with van der Waals surface area (Å²) in [6.07, 6.45) is 0.613. The average molecular weight is 388 g/mol. The number of benzene rings is 3. The zero-order chi connectivity index (χ0) is 20.7. The van der Waals surface area contributed by atoms with Crippen molar-refractivity contribution in [3.05, 3.63) is 102 Å². The number of hydrogen-bond donors (Lipinski definition) is 2. The Bertz CT molecular complexity index is 929. The zero-order valence-electron chi connectivity index (χ0n) is 16.5. The third-order valence-corrected chi connectivity index (χ3v) is 4.76. The molecule has 0 fully saturated rings. The Labute approximate surface area is 170 Å². The molecule has 0 bridgehead atoms. The van der Waals surface area contributed by atoms with Crippen LogP contribution in [-0.4, -0.2) is 23.8 Å². The first-order valence-electron chi connectivity index (χ1n) is 9.44. The van der Waals surface area contributed by atoms with Crippen LogP contribution in [0.4, 0.5) is 0 Å². The third-order valence-electron chi connectivity index (χ3n) is 4.76. The fraction of sp³-hybridized carbons (Fsp3) is 0.167. The molecule has 2 N–H and O–H groups in total. The zero-order valence-corrected chi connectivity index (χ0v) is 16.5. The molecular weight excluding hydrogens is 364 g/mol. The number of carbonyl (C=O) groups is 1. The van der Waals surface area contributed by atoms with Gasteiger partial charge in [-0.25, -0.2) is 5.43 Å². The van der Waals surface area contributed by atoms with Crippen LogP contribution in [0.3, 0.4) is 0 Å². The van der Waals surface area contributed by atoms with E-state index in [1.54, 1.807) is 55.6 Å². The Kier molecular flexibility index (Phi) is 6.42. The van der Waals surface area contributed by atoms with E-state index in [0.29, 0.717) is 23.3 Å². The van der Waals surface area contributed by atoms with Gasteiger partial charge in [0.1, 0.15) is 5.75 Å². The van der Waals surface area contributed by atoms with Crippen LogP contribution in [0.5, 0.6) is 5.75 Å². The lowest BCUT2D eigenvalue weighted by Crippen LogP contribution is -2.44. The number of nitrogens with zero attached hydrogens (tertiary/aromatic N) is 1. The van der Waals surface area contributed by atoms with Gasteiger partial charge in [0, 0.05) is 0 Å². The highest BCUT2D eigenvalue weighted by Gasteiger charge is 2.39. The van der Waals surface area contributed by atoms with E-state index in [-0.39, 0.29) is 0 Å². The fourth-order valence-electron chi connectivity index (χ4n) is 3.12. The smallest absolute Gasteiger partial charge is 0.281 e. The number of carbonyl (C=O) groups excluding carboxylic acids is 1. The third kappa shape index (κ3) is 4.36. The molecule has 5 heteroatoms. The van der Waals surface area contributed by atoms with Gasteiger partial charge in [0.25, 0.3) is 5.91 Å². The summed E-state index contributed by atoms with van der Waals surface area (Å²) in [6, 6.07) is 25.2. The highest BCUT2D eigenvalue weighted by atomic mass is 16.5. The van der Waals surface area contributed by atoms with E-state index >= 15 is 0 Å². The predicted octanol–water partition coefficient (Wildman–Crippen LogP) is 3.86. The summed E-state index contributed by atoms with van der Waals surface area (Å²) in [5.74, 6) is 0.130. The number of hydrazone groups is 1. The second-order valence-corrected chi connectivity index (χ2v) is 6.52. The first-order chi connectivity index (χ1) is 14.1. The van der Waals surface area contributed by atoms with Crippen molar-refractivity contribution in [2.75, 3.05) is 7.11 Å². The van der Waals surface area contributed by atoms with Gasteiger partial charge in [-0.15, -0.1) is 0 Å². The topological polar surface area (TPSA) is 70.9 Å². The molecule has 0 aromatic heterocycles. The largest absolute Gasteiger partial charge is 0.497 e. The van der Waals surface area contributed by atoms with Crippen molar-refractivity contribution >= 4 is 11.6 Å². The van der Waals surface area contributed by atoms with Crippen molar-refractivity contribution in [1.82, 2.24) is 5.43 Å². The molecule has 148 valence electrons. The summed E-state index contributed by atoms with van der Waals surface area (Å²) in [5, 5.41) is 15.8. The van der Waals surface area contributed by atoms with Gasteiger partial charge in [-0.05, 0) is 47.4 Å². The number of hydrogen-bond acceptors (Lipinski definition) is 4. The molecule has 0 saturated carbocycles. The first kappa shape index (κ1) is 20.3. The van der Waals surface area contributed by atoms with E-state index in [1.807, 2.05) is 43.3 Å². The number of aliphatic hydroxyl groups is 1. The Morgan fingerprint density at radius 3 is 1.90 bits per heavy atom. The molecule has 0 atom stereocenters. The minimum atomic E-state index is -1.86. The molecule has 5 nitrogen and oxygen atoms in total. The van der Waals surface area contributed by atoms with Gasteiger partial charge in [0.2, 0.25) is 0 Å². The standard InChI is InChI=1S/C24H24N2O3/c1-3-22(18-14-16-21(29-2)17-15-18)25-26-23(27)24(28,19-10-6-4-7-11-19)20-12-8-5-9-13-20/h4-17,28H,3H2,1-2H3,(H,26,27). The van der Waals surface area contributed by atoms with Crippen LogP contribution in [0.25, 0.3) is 0 Å². The number of nitrogens with one attached hydrogen (secondary N) is 1. The molecule has 3 aromatic rings. The summed E-state index contributed by atoms with van der Waals surface area (Å²) in [5.41, 5.74) is 3.23. The highest BCUT2D eigenvalue weighted by molar-refractivity contribution is 6.01. The van der Waals surface area contributed by atoms with Crippen LogP contribution in [0.2, 0.25) is 0 Å². The molecule has 3 aromatic carbocycles. The van der Waals surface area contributed by atoms with Crippen molar-refractivity contribution in [1.29, 1.82) is 0 Å². The van der Waals surface area contributed by atoms with Gasteiger partial charge in [-0.3, -0.25) is 4.79 Å². The van der Waals surface area contributed by atoms with E-state index in [0.717, 1.165) is 11.3 Å². The minimum absolute atomic E-state index is 0.474. The van der Waals surface area contributed by atoms with E-state index < -0.39 is 11.5 Å². The van der Waals surface area contributed by atoms with Crippen molar-refractivity contribution in [3.8, 4) is 5.75 Å². The molecule has 0 radical (unpaired) electrons. The van der Waals surface area contributed by atoms with E-state index in [2.05, 4.69) is 10.5 Å². The molecule has 0 aliphatic rings. The maximum Gasteiger partial charge on any atom is 0.281 e. The number of methoxy groups -OCH3 is 1. The number of rotatable bonds is 7. The van der Waals surface area contributed by atoms with Gasteiger partial charge in [0.15, 0.2) is 5.60 Å². The summed E-state index contributed by atoms with van der Waals surface area (Å²) < 4.78 is 5.18. The maximum atomic E-state index is 13.1. The molecule has 3 rings (SSSR count). The molecule has 0 aliphatic carbocycles. The molecule has 0 spiro atoms. The van der Waals surface area contributed by atoms with Gasteiger partial charge in [0.05, 0.1) is 12.8 Å². The Morgan fingerprint density at radius 2 is 1.45 bits per heavy atom. The maximum absolute atomic E-state index is 13.1. The first-order valence-corrected chi connectivity index (χ1v) is 9.44. The normalized spacial score (nSPS) is 11.8. The SMILES string of the molecule is CCC(=NNC(=O)C(O)(c1ccccc1)c1ccccc1)c1ccc(OC)cc1. The number of amides is 1. The van der Waals surface area contributed by atoms with Crippen LogP contribution in [-0.2, 0) is 10.4 Å². The van der Waals surface area contributed by atoms with Crippen LogP contribution in [0.1, 0.15) is 30.0 Å². The molecule has 0 aliphatic heterocycles. The highest BCUT2D eigenvalue weighted by Crippen LogP contribution is 2.29. The quantitative estimate of drug-likeness (QED) is 0.477. The van der Waals surface area contributed by atoms with E-state index in [9.17, 15) is 9.90 Å². The lowest BCUT2D eigenvalue weighted by Gasteiger charge is -2.27. The lowest BCUT2D eigenvalue weighted by atomic mass is 9.85. The van der Waals surface area contributed by atoms with Gasteiger partial charge in [-0.1, -0.05) is 67.6 Å². The Morgan fingerprint density at radius 1 is 0.931 bits per heavy atom. The average Bonchev–Trinajstić information content (AvgIpc) is 2.80. The Hall–Kier alpha value is -3.44. The summed E-state index contributed by atoms with van der Waals surface area (Å²) in [4.78, 5) is 13.1. The molecular formula is C24H24N2O3. The molecule has 1 amide bonds. The van der Waals surface area contributed by atoms with Crippen molar-refractivity contribution in [2.45, 2.75) is 18.9 Å². The van der Waals surface area contributed by atoms with Crippen molar-refractivity contribution < 1.29 is 14.6 Å². The van der Waals surface area contributed by atoms with Crippen LogP contribution in [0.15, 0.2) is 90.0 Å².